The highest BCUT2D eigenvalue weighted by Crippen LogP contribution is 2.31. The monoisotopic (exact) mass is 379 g/mol. The van der Waals surface area contributed by atoms with Crippen LogP contribution in [-0.2, 0) is 9.59 Å². The van der Waals surface area contributed by atoms with Crippen molar-refractivity contribution in [3.8, 4) is 0 Å². The lowest BCUT2D eigenvalue weighted by atomic mass is 9.82. The molecule has 0 radical (unpaired) electrons. The molecule has 0 aliphatic heterocycles. The van der Waals surface area contributed by atoms with Crippen LogP contribution < -0.4 is 0 Å². The molecule has 26 heavy (non-hydrogen) atoms. The molecule has 1 N–H and O–H groups in total. The van der Waals surface area contributed by atoms with Crippen molar-refractivity contribution < 1.29 is 14.7 Å². The zero-order chi connectivity index (χ0) is 19.3. The van der Waals surface area contributed by atoms with Crippen molar-refractivity contribution >= 4 is 29.0 Å². The van der Waals surface area contributed by atoms with Crippen molar-refractivity contribution in [2.45, 2.75) is 65.0 Å². The molecule has 1 aliphatic carbocycles. The second kappa shape index (κ2) is 9.26. The minimum absolute atomic E-state index is 0.0337. The number of thiocarbonyl (C=S) groups is 1. The van der Waals surface area contributed by atoms with Gasteiger partial charge in [-0.25, -0.2) is 4.79 Å². The Hall–Kier alpha value is -1.76. The minimum Gasteiger partial charge on any atom is -0.477 e. The Labute approximate surface area is 160 Å². The van der Waals surface area contributed by atoms with Gasteiger partial charge in [-0.05, 0) is 51.0 Å². The second-order valence-corrected chi connectivity index (χ2v) is 7.82. The molecule has 1 aromatic rings. The first-order chi connectivity index (χ1) is 12.3. The van der Waals surface area contributed by atoms with Gasteiger partial charge < -0.3 is 10.0 Å². The van der Waals surface area contributed by atoms with Gasteiger partial charge in [0.15, 0.2) is 0 Å². The predicted molar refractivity (Wildman–Crippen MR) is 104 cm³/mol. The maximum atomic E-state index is 13.3. The van der Waals surface area contributed by atoms with Gasteiger partial charge in [0.2, 0.25) is 5.91 Å². The number of carboxylic acid groups (broad SMARTS) is 1. The fraction of sp³-hybridized carbons (Fsp3) is 0.684. The third kappa shape index (κ3) is 4.90. The van der Waals surface area contributed by atoms with Gasteiger partial charge in [-0.15, -0.1) is 0 Å². The van der Waals surface area contributed by atoms with E-state index in [-0.39, 0.29) is 22.7 Å². The summed E-state index contributed by atoms with van der Waals surface area (Å²) in [4.78, 5) is 26.4. The fourth-order valence-corrected chi connectivity index (χ4v) is 4.01. The number of hydrogen-bond donors (Lipinski definition) is 1. The molecule has 1 aliphatic rings. The van der Waals surface area contributed by atoms with Gasteiger partial charge in [0.05, 0.1) is 12.1 Å². The van der Waals surface area contributed by atoms with Crippen LogP contribution in [0.3, 0.4) is 0 Å². The lowest BCUT2D eigenvalue weighted by Gasteiger charge is -2.37. The highest BCUT2D eigenvalue weighted by Gasteiger charge is 2.35. The quantitative estimate of drug-likeness (QED) is 0.701. The fourth-order valence-electron chi connectivity index (χ4n) is 3.71. The zero-order valence-electron chi connectivity index (χ0n) is 15.8. The Kier molecular flexibility index (Phi) is 7.32. The third-order valence-corrected chi connectivity index (χ3v) is 5.81. The van der Waals surface area contributed by atoms with Crippen LogP contribution in [0.25, 0.3) is 0 Å². The van der Waals surface area contributed by atoms with Gasteiger partial charge in [0.1, 0.15) is 4.86 Å². The highest BCUT2D eigenvalue weighted by atomic mass is 32.1. The largest absolute Gasteiger partial charge is 0.477 e. The lowest BCUT2D eigenvalue weighted by molar-refractivity contribution is -0.138. The molecule has 1 amide bonds. The molecule has 0 aromatic carbocycles. The number of aliphatic carboxylic acids is 1. The lowest BCUT2D eigenvalue weighted by Crippen LogP contribution is -2.50. The van der Waals surface area contributed by atoms with Gasteiger partial charge in [-0.2, -0.15) is 5.10 Å². The summed E-state index contributed by atoms with van der Waals surface area (Å²) < 4.78 is 1.79. The van der Waals surface area contributed by atoms with Crippen LogP contribution in [0, 0.1) is 11.8 Å². The standard InChI is InChI=1S/C19H29N3O3S/c1-4-16(17(26)19(24)25)21(12-14(3)22-11-5-10-20-22)18(23)15-8-6-13(2)7-9-15/h5,10-11,13-16H,4,6-9,12H2,1-3H3,(H,24,25). The average Bonchev–Trinajstić information content (AvgIpc) is 3.16. The van der Waals surface area contributed by atoms with E-state index < -0.39 is 12.0 Å². The minimum atomic E-state index is -1.12. The van der Waals surface area contributed by atoms with Crippen LogP contribution in [0.4, 0.5) is 0 Å². The maximum absolute atomic E-state index is 13.3. The first-order valence-electron chi connectivity index (χ1n) is 9.41. The average molecular weight is 380 g/mol. The van der Waals surface area contributed by atoms with Crippen molar-refractivity contribution in [1.82, 2.24) is 14.7 Å². The Balaban J connectivity index is 2.23. The van der Waals surface area contributed by atoms with Gasteiger partial charge in [-0.1, -0.05) is 26.1 Å². The SMILES string of the molecule is CCC(C(=S)C(=O)O)N(CC(C)n1cccn1)C(=O)C1CCC(C)CC1. The van der Waals surface area contributed by atoms with E-state index in [2.05, 4.69) is 12.0 Å². The Bertz CT molecular complexity index is 624. The van der Waals surface area contributed by atoms with Gasteiger partial charge in [-0.3, -0.25) is 9.48 Å². The molecule has 1 saturated carbocycles. The normalized spacial score (nSPS) is 22.4. The van der Waals surface area contributed by atoms with Crippen LogP contribution in [-0.4, -0.2) is 49.1 Å². The van der Waals surface area contributed by atoms with Crippen LogP contribution in [0.1, 0.15) is 58.9 Å². The van der Waals surface area contributed by atoms with E-state index in [9.17, 15) is 14.7 Å². The Morgan fingerprint density at radius 3 is 2.50 bits per heavy atom. The molecular weight excluding hydrogens is 350 g/mol. The van der Waals surface area contributed by atoms with E-state index in [1.54, 1.807) is 15.8 Å². The van der Waals surface area contributed by atoms with E-state index in [4.69, 9.17) is 12.2 Å². The summed E-state index contributed by atoms with van der Waals surface area (Å²) in [5.74, 6) is -0.473. The number of carbonyl (C=O) groups is 2. The molecule has 0 saturated heterocycles. The summed E-state index contributed by atoms with van der Waals surface area (Å²) in [5.41, 5.74) is 0. The first kappa shape index (κ1) is 20.6. The molecule has 1 heterocycles. The second-order valence-electron chi connectivity index (χ2n) is 7.38. The molecule has 1 aromatic heterocycles. The molecule has 1 fully saturated rings. The Morgan fingerprint density at radius 2 is 2.00 bits per heavy atom. The number of aromatic nitrogens is 2. The zero-order valence-corrected chi connectivity index (χ0v) is 16.6. The summed E-state index contributed by atoms with van der Waals surface area (Å²) in [6, 6.07) is 1.22. The van der Waals surface area contributed by atoms with E-state index in [1.165, 1.54) is 0 Å². The summed E-state index contributed by atoms with van der Waals surface area (Å²) >= 11 is 5.15. The van der Waals surface area contributed by atoms with Crippen molar-refractivity contribution in [2.75, 3.05) is 6.54 Å². The summed E-state index contributed by atoms with van der Waals surface area (Å²) in [6.07, 6.45) is 7.85. The number of nitrogens with zero attached hydrogens (tertiary/aromatic N) is 3. The molecule has 144 valence electrons. The van der Waals surface area contributed by atoms with Crippen LogP contribution >= 0.6 is 12.2 Å². The van der Waals surface area contributed by atoms with E-state index in [0.29, 0.717) is 18.9 Å². The van der Waals surface area contributed by atoms with Crippen LogP contribution in [0.5, 0.6) is 0 Å². The first-order valence-corrected chi connectivity index (χ1v) is 9.82. The Morgan fingerprint density at radius 1 is 1.35 bits per heavy atom. The van der Waals surface area contributed by atoms with Gasteiger partial charge >= 0.3 is 5.97 Å². The predicted octanol–water partition coefficient (Wildman–Crippen LogP) is 3.33. The molecule has 2 unspecified atom stereocenters. The summed E-state index contributed by atoms with van der Waals surface area (Å²) in [7, 11) is 0. The molecule has 0 bridgehead atoms. The molecule has 2 rings (SSSR count). The van der Waals surface area contributed by atoms with Crippen molar-refractivity contribution in [3.63, 3.8) is 0 Å². The van der Waals surface area contributed by atoms with E-state index >= 15 is 0 Å². The maximum Gasteiger partial charge on any atom is 0.344 e. The highest BCUT2D eigenvalue weighted by molar-refractivity contribution is 7.82. The topological polar surface area (TPSA) is 75.4 Å². The molecule has 0 spiro atoms. The van der Waals surface area contributed by atoms with Crippen molar-refractivity contribution in [2.24, 2.45) is 11.8 Å². The number of rotatable bonds is 8. The third-order valence-electron chi connectivity index (χ3n) is 5.36. The number of carboxylic acids is 1. The number of hydrogen-bond acceptors (Lipinski definition) is 4. The van der Waals surface area contributed by atoms with E-state index in [1.807, 2.05) is 26.1 Å². The molecule has 2 atom stereocenters. The summed E-state index contributed by atoms with van der Waals surface area (Å²) in [5, 5.41) is 13.6. The molecular formula is C19H29N3O3S. The smallest absolute Gasteiger partial charge is 0.344 e. The van der Waals surface area contributed by atoms with Crippen LogP contribution in [0.2, 0.25) is 0 Å². The number of amides is 1. The molecule has 6 nitrogen and oxygen atoms in total. The number of carbonyl (C=O) groups excluding carboxylic acids is 1. The van der Waals surface area contributed by atoms with Crippen LogP contribution in [0.15, 0.2) is 18.5 Å². The van der Waals surface area contributed by atoms with Gasteiger partial charge in [0.25, 0.3) is 0 Å². The van der Waals surface area contributed by atoms with Crippen molar-refractivity contribution in [1.29, 1.82) is 0 Å². The van der Waals surface area contributed by atoms with Crippen molar-refractivity contribution in [3.05, 3.63) is 18.5 Å². The summed E-state index contributed by atoms with van der Waals surface area (Å²) in [6.45, 7) is 6.47. The van der Waals surface area contributed by atoms with E-state index in [0.717, 1.165) is 25.7 Å². The van der Waals surface area contributed by atoms with Gasteiger partial charge in [0, 0.05) is 24.9 Å². The molecule has 7 heteroatoms.